The van der Waals surface area contributed by atoms with E-state index in [2.05, 4.69) is 129 Å². The highest BCUT2D eigenvalue weighted by Gasteiger charge is 2.17. The van der Waals surface area contributed by atoms with E-state index in [1.165, 1.54) is 32.1 Å². The smallest absolute Gasteiger partial charge is 0.220 e. The molecular formula is C45H71NO3. The molecule has 4 heteroatoms. The van der Waals surface area contributed by atoms with Gasteiger partial charge in [-0.15, -0.1) is 0 Å². The van der Waals surface area contributed by atoms with Crippen LogP contribution >= 0.6 is 0 Å². The first-order valence-corrected chi connectivity index (χ1v) is 19.2. The number of carbonyl (C=O) groups is 1. The number of amides is 1. The van der Waals surface area contributed by atoms with Crippen molar-refractivity contribution in [2.24, 2.45) is 0 Å². The summed E-state index contributed by atoms with van der Waals surface area (Å²) in [6.07, 6.45) is 61.4. The van der Waals surface area contributed by atoms with E-state index in [1.54, 1.807) is 6.08 Å². The van der Waals surface area contributed by atoms with Gasteiger partial charge in [0.1, 0.15) is 0 Å². The summed E-state index contributed by atoms with van der Waals surface area (Å²) < 4.78 is 0. The highest BCUT2D eigenvalue weighted by atomic mass is 16.3. The van der Waals surface area contributed by atoms with E-state index in [0.717, 1.165) is 83.5 Å². The molecule has 0 aliphatic carbocycles. The molecule has 0 aromatic rings. The van der Waals surface area contributed by atoms with Crippen LogP contribution in [0.25, 0.3) is 0 Å². The zero-order valence-corrected chi connectivity index (χ0v) is 31.1. The van der Waals surface area contributed by atoms with Crippen molar-refractivity contribution in [1.82, 2.24) is 5.32 Å². The van der Waals surface area contributed by atoms with Gasteiger partial charge in [0.05, 0.1) is 18.8 Å². The first-order valence-electron chi connectivity index (χ1n) is 19.2. The van der Waals surface area contributed by atoms with Gasteiger partial charge >= 0.3 is 0 Å². The van der Waals surface area contributed by atoms with E-state index in [4.69, 9.17) is 0 Å². The molecule has 0 aliphatic rings. The van der Waals surface area contributed by atoms with Gasteiger partial charge in [0.2, 0.25) is 5.91 Å². The third kappa shape index (κ3) is 35.9. The van der Waals surface area contributed by atoms with E-state index in [9.17, 15) is 15.0 Å². The molecule has 0 radical (unpaired) electrons. The number of carbonyl (C=O) groups excluding carboxylic acids is 1. The Morgan fingerprint density at radius 2 is 0.918 bits per heavy atom. The van der Waals surface area contributed by atoms with E-state index in [-0.39, 0.29) is 12.5 Å². The molecule has 274 valence electrons. The number of hydrogen-bond acceptors (Lipinski definition) is 3. The number of rotatable bonds is 32. The summed E-state index contributed by atoms with van der Waals surface area (Å²) in [7, 11) is 0. The van der Waals surface area contributed by atoms with Gasteiger partial charge in [0.25, 0.3) is 0 Å². The fourth-order valence-electron chi connectivity index (χ4n) is 4.72. The quantitative estimate of drug-likeness (QED) is 0.0492. The van der Waals surface area contributed by atoms with Crippen LogP contribution in [0.4, 0.5) is 0 Å². The van der Waals surface area contributed by atoms with Crippen molar-refractivity contribution >= 4 is 5.91 Å². The largest absolute Gasteiger partial charge is 0.394 e. The van der Waals surface area contributed by atoms with Crippen molar-refractivity contribution in [2.75, 3.05) is 6.61 Å². The first-order chi connectivity index (χ1) is 24.2. The third-order valence-corrected chi connectivity index (χ3v) is 7.66. The van der Waals surface area contributed by atoms with E-state index in [0.29, 0.717) is 6.42 Å². The Kier molecular flexibility index (Phi) is 36.7. The maximum Gasteiger partial charge on any atom is 0.220 e. The Hall–Kier alpha value is -3.21. The predicted molar refractivity (Wildman–Crippen MR) is 215 cm³/mol. The zero-order chi connectivity index (χ0) is 35.7. The van der Waals surface area contributed by atoms with Crippen molar-refractivity contribution in [1.29, 1.82) is 0 Å². The van der Waals surface area contributed by atoms with Crippen LogP contribution in [0.5, 0.6) is 0 Å². The lowest BCUT2D eigenvalue weighted by molar-refractivity contribution is -0.122. The predicted octanol–water partition coefficient (Wildman–Crippen LogP) is 11.8. The molecule has 0 aromatic carbocycles. The van der Waals surface area contributed by atoms with Gasteiger partial charge in [-0.1, -0.05) is 155 Å². The van der Waals surface area contributed by atoms with Crippen LogP contribution in [0.15, 0.2) is 122 Å². The lowest BCUT2D eigenvalue weighted by atomic mass is 10.1. The van der Waals surface area contributed by atoms with Crippen LogP contribution in [0.1, 0.15) is 136 Å². The van der Waals surface area contributed by atoms with Gasteiger partial charge in [-0.2, -0.15) is 0 Å². The Morgan fingerprint density at radius 3 is 1.39 bits per heavy atom. The summed E-state index contributed by atoms with van der Waals surface area (Å²) in [6.45, 7) is 4.10. The normalized spacial score (nSPS) is 14.4. The number of unbranched alkanes of at least 4 members (excludes halogenated alkanes) is 7. The van der Waals surface area contributed by atoms with Crippen LogP contribution in [0.2, 0.25) is 0 Å². The van der Waals surface area contributed by atoms with Crippen molar-refractivity contribution in [3.05, 3.63) is 122 Å². The van der Waals surface area contributed by atoms with Crippen LogP contribution in [0.3, 0.4) is 0 Å². The molecule has 0 saturated carbocycles. The van der Waals surface area contributed by atoms with Gasteiger partial charge in [-0.3, -0.25) is 4.79 Å². The van der Waals surface area contributed by atoms with E-state index >= 15 is 0 Å². The lowest BCUT2D eigenvalue weighted by Gasteiger charge is -2.19. The van der Waals surface area contributed by atoms with Crippen molar-refractivity contribution in [3.8, 4) is 0 Å². The summed E-state index contributed by atoms with van der Waals surface area (Å²) in [5.74, 6) is -0.144. The molecule has 49 heavy (non-hydrogen) atoms. The third-order valence-electron chi connectivity index (χ3n) is 7.66. The molecule has 0 spiro atoms. The van der Waals surface area contributed by atoms with Gasteiger partial charge in [-0.05, 0) is 96.3 Å². The Morgan fingerprint density at radius 1 is 0.510 bits per heavy atom. The standard InChI is InChI=1S/C45H71NO3/c1-3-5-7-9-11-13-15-17-19-20-21-22-23-24-25-26-27-29-31-33-35-37-39-41-45(49)46-43(42-47)44(48)40-38-36-34-32-30-28-18-16-14-12-10-8-6-4-2/h5,7,11,13-14,16-17,19,21-22,24-25,27,29-30,32-33,35,38,40,43-44,47-48H,3-4,6,8-10,12,15,18,20,23,26,28,31,34,36-37,39,41-42H2,1-2H3,(H,46,49)/b7-5-,13-11-,16-14+,19-17-,22-21-,25-24-,29-27-,32-30+,35-33-,40-38+. The number of aliphatic hydroxyl groups is 2. The van der Waals surface area contributed by atoms with Gasteiger partial charge < -0.3 is 15.5 Å². The molecule has 4 nitrogen and oxygen atoms in total. The maximum atomic E-state index is 12.3. The Balaban J connectivity index is 3.88. The molecule has 0 heterocycles. The molecule has 0 aliphatic heterocycles. The minimum absolute atomic E-state index is 0.144. The van der Waals surface area contributed by atoms with E-state index in [1.807, 2.05) is 6.08 Å². The highest BCUT2D eigenvalue weighted by molar-refractivity contribution is 5.76. The van der Waals surface area contributed by atoms with Crippen molar-refractivity contribution in [2.45, 2.75) is 148 Å². The fourth-order valence-corrected chi connectivity index (χ4v) is 4.72. The highest BCUT2D eigenvalue weighted by Crippen LogP contribution is 2.06. The molecule has 0 aromatic heterocycles. The summed E-state index contributed by atoms with van der Waals surface area (Å²) >= 11 is 0. The maximum absolute atomic E-state index is 12.3. The van der Waals surface area contributed by atoms with Crippen LogP contribution < -0.4 is 5.32 Å². The van der Waals surface area contributed by atoms with Crippen LogP contribution in [0, 0.1) is 0 Å². The van der Waals surface area contributed by atoms with Crippen LogP contribution in [-0.2, 0) is 4.79 Å². The molecule has 0 bridgehead atoms. The van der Waals surface area contributed by atoms with Crippen LogP contribution in [-0.4, -0.2) is 34.9 Å². The molecule has 0 fully saturated rings. The number of aliphatic hydroxyl groups excluding tert-OH is 2. The van der Waals surface area contributed by atoms with E-state index < -0.39 is 12.1 Å². The first kappa shape index (κ1) is 45.8. The van der Waals surface area contributed by atoms with Crippen molar-refractivity contribution in [3.63, 3.8) is 0 Å². The molecule has 2 unspecified atom stereocenters. The topological polar surface area (TPSA) is 69.6 Å². The number of hydrogen-bond donors (Lipinski definition) is 3. The minimum atomic E-state index is -0.901. The summed E-state index contributed by atoms with van der Waals surface area (Å²) in [5.41, 5.74) is 0. The molecular weight excluding hydrogens is 602 g/mol. The Labute approximate surface area is 301 Å². The second-order valence-corrected chi connectivity index (χ2v) is 12.2. The SMILES string of the molecule is CC/C=C\C/C=C\C/C=C\C/C=C\C/C=C\C/C=C\C/C=C\CCCC(=O)NC(CO)C(O)/C=C/CC/C=C/CC/C=C/CCCCCC. The molecule has 3 N–H and O–H groups in total. The average molecular weight is 674 g/mol. The second kappa shape index (κ2) is 39.2. The second-order valence-electron chi connectivity index (χ2n) is 12.2. The molecule has 2 atom stereocenters. The van der Waals surface area contributed by atoms with Gasteiger partial charge in [0.15, 0.2) is 0 Å². The number of nitrogens with one attached hydrogen (secondary N) is 1. The molecule has 1 amide bonds. The fraction of sp³-hybridized carbons (Fsp3) is 0.533. The lowest BCUT2D eigenvalue weighted by Crippen LogP contribution is -2.45. The zero-order valence-electron chi connectivity index (χ0n) is 31.1. The molecule has 0 saturated heterocycles. The summed E-state index contributed by atoms with van der Waals surface area (Å²) in [6, 6.07) is -0.684. The molecule has 0 rings (SSSR count). The summed E-state index contributed by atoms with van der Waals surface area (Å²) in [5, 5.41) is 22.8. The monoisotopic (exact) mass is 674 g/mol. The van der Waals surface area contributed by atoms with Gasteiger partial charge in [0, 0.05) is 6.42 Å². The summed E-state index contributed by atoms with van der Waals surface area (Å²) in [4.78, 5) is 12.3. The number of allylic oxidation sites excluding steroid dienone is 19. The van der Waals surface area contributed by atoms with Crippen molar-refractivity contribution < 1.29 is 15.0 Å². The van der Waals surface area contributed by atoms with Gasteiger partial charge in [-0.25, -0.2) is 0 Å². The minimum Gasteiger partial charge on any atom is -0.394 e. The average Bonchev–Trinajstić information content (AvgIpc) is 3.10. The Bertz CT molecular complexity index is 1040.